The van der Waals surface area contributed by atoms with Crippen molar-refractivity contribution < 1.29 is 145 Å². The number of esters is 2. The number of halogens is 17. The highest BCUT2D eigenvalue weighted by atomic mass is 79.9. The second kappa shape index (κ2) is 47.0. The summed E-state index contributed by atoms with van der Waals surface area (Å²) < 4.78 is 209. The van der Waals surface area contributed by atoms with Crippen molar-refractivity contribution in [2.45, 2.75) is 82.5 Å². The van der Waals surface area contributed by atoms with E-state index in [1.807, 2.05) is 12.1 Å². The molecule has 3 unspecified atom stereocenters. The van der Waals surface area contributed by atoms with Crippen molar-refractivity contribution in [2.75, 3.05) is 119 Å². The molecule has 0 spiro atoms. The number of rotatable bonds is 27. The lowest BCUT2D eigenvalue weighted by Gasteiger charge is -2.40. The Morgan fingerprint density at radius 3 is 0.926 bits per heavy atom. The maximum absolute atomic E-state index is 12.8. The first kappa shape index (κ1) is 102. The fourth-order valence-electron chi connectivity index (χ4n) is 10.9. The van der Waals surface area contributed by atoms with Crippen LogP contribution in [0, 0.1) is 57.2 Å². The third kappa shape index (κ3) is 31.8. The lowest BCUT2D eigenvalue weighted by atomic mass is 9.88. The first-order chi connectivity index (χ1) is 57.5. The van der Waals surface area contributed by atoms with Gasteiger partial charge in [-0.15, -0.1) is 17.8 Å². The number of aliphatic carboxylic acids is 1. The lowest BCUT2D eigenvalue weighted by Crippen LogP contribution is -2.51. The number of phenols is 2. The van der Waals surface area contributed by atoms with Crippen LogP contribution in [-0.4, -0.2) is 162 Å². The van der Waals surface area contributed by atoms with Crippen LogP contribution in [0.1, 0.15) is 96.7 Å². The molecule has 7 aromatic carbocycles. The third-order valence-electron chi connectivity index (χ3n) is 18.4. The Bertz CT molecular complexity index is 4720. The quantitative estimate of drug-likeness (QED) is 0.0139. The Morgan fingerprint density at radius 2 is 0.689 bits per heavy atom. The van der Waals surface area contributed by atoms with E-state index in [1.54, 1.807) is 81.4 Å². The van der Waals surface area contributed by atoms with Crippen molar-refractivity contribution >= 4 is 80.2 Å². The van der Waals surface area contributed by atoms with E-state index >= 15 is 0 Å². The standard InChI is InChI=1S/C25H24ClF3O5.C24H22ClF3O5.C13H14O3.C12H12ClF3O3.C7H4ClF3O.C5H9BrO2/c1-3-4-18(11-23(30)31-2)17-5-8-20(9-6-17)33-15-24(13-32-14-24)16-34-22-10-7-19(12-21(22)26)25(27,28)29;1-2-3-17(10-22(29)30)16-4-7-19(8-5-16)32-14-23(12-31-13-23)15-33-21-9-6-18(11-20(21)25)24(26,27)28;1-3-4-11(9-13(15)16-2)10-5-7-12(14)8-6-10;13-9-3-8(12(14,15)16)1-2-10(9)19-7-11(4-17)5-18-6-11;8-5-3-4(7(9,10)11)1-2-6(5)12;6-1-5(2-7)3-8-4-5/h5-10,12,18H,11,13-16H2,1-2H3;4-9,11,17H,10,12-15H2,1H3,(H,29,30);5-8,11,14H,9H2,1-2H3;1-3,17H,4-7H2;1-3,12H;7H,1-4H2. The van der Waals surface area contributed by atoms with Gasteiger partial charge in [0.15, 0.2) is 0 Å². The van der Waals surface area contributed by atoms with Gasteiger partial charge in [0, 0.05) is 10.7 Å². The summed E-state index contributed by atoms with van der Waals surface area (Å²) in [6.07, 6.45) is -17.5. The van der Waals surface area contributed by atoms with Crippen LogP contribution in [0.15, 0.2) is 146 Å². The molecule has 4 aliphatic heterocycles. The van der Waals surface area contributed by atoms with Crippen molar-refractivity contribution in [3.05, 3.63) is 205 Å². The highest BCUT2D eigenvalue weighted by Crippen LogP contribution is 2.42. The number of aliphatic hydroxyl groups is 2. The van der Waals surface area contributed by atoms with Crippen molar-refractivity contribution in [3.8, 4) is 75.8 Å². The number of hydrogen-bond donors (Lipinski definition) is 5. The number of methoxy groups -OCH3 is 2. The third-order valence-corrected chi connectivity index (χ3v) is 20.7. The van der Waals surface area contributed by atoms with E-state index in [9.17, 15) is 72.2 Å². The highest BCUT2D eigenvalue weighted by Gasteiger charge is 2.44. The molecule has 0 bridgehead atoms. The fraction of sp³-hybridized carbons (Fsp3) is 0.407. The van der Waals surface area contributed by atoms with Gasteiger partial charge >= 0.3 is 42.6 Å². The van der Waals surface area contributed by atoms with Gasteiger partial charge in [-0.3, -0.25) is 14.4 Å². The molecule has 0 saturated carbocycles. The predicted molar refractivity (Wildman–Crippen MR) is 431 cm³/mol. The summed E-state index contributed by atoms with van der Waals surface area (Å²) >= 11 is 26.3. The van der Waals surface area contributed by atoms with E-state index in [2.05, 4.69) is 56.2 Å². The monoisotopic (exact) mass is 1870 g/mol. The Labute approximate surface area is 724 Å². The number of carboxylic acids is 1. The van der Waals surface area contributed by atoms with Crippen molar-refractivity contribution in [1.29, 1.82) is 0 Å². The summed E-state index contributed by atoms with van der Waals surface area (Å²) in [7, 11) is 2.69. The van der Waals surface area contributed by atoms with Crippen LogP contribution in [0.2, 0.25) is 20.1 Å². The van der Waals surface area contributed by atoms with Crippen molar-refractivity contribution in [3.63, 3.8) is 0 Å². The zero-order valence-electron chi connectivity index (χ0n) is 65.9. The topological polar surface area (TPSA) is 254 Å². The van der Waals surface area contributed by atoms with E-state index in [-0.39, 0.29) is 144 Å². The van der Waals surface area contributed by atoms with Gasteiger partial charge < -0.3 is 77.6 Å². The number of carbonyl (C=O) groups is 3. The number of alkyl halides is 13. The first-order valence-corrected chi connectivity index (χ1v) is 39.2. The van der Waals surface area contributed by atoms with Gasteiger partial charge in [-0.05, 0) is 147 Å². The Morgan fingerprint density at radius 1 is 0.410 bits per heavy atom. The number of ether oxygens (including phenoxy) is 11. The molecule has 4 aliphatic rings. The number of benzene rings is 7. The molecule has 662 valence electrons. The van der Waals surface area contributed by atoms with E-state index < -0.39 is 75.1 Å². The Hall–Kier alpha value is -9.21. The van der Waals surface area contributed by atoms with Crippen molar-refractivity contribution in [2.24, 2.45) is 21.7 Å². The molecule has 36 heteroatoms. The number of phenolic OH excluding ortho intramolecular Hbond substituents is 2. The Kier molecular flexibility index (Phi) is 39.2. The van der Waals surface area contributed by atoms with Crippen molar-refractivity contribution in [1.82, 2.24) is 0 Å². The highest BCUT2D eigenvalue weighted by molar-refractivity contribution is 9.09. The average molecular weight is 1870 g/mol. The molecule has 3 atom stereocenters. The van der Waals surface area contributed by atoms with Crippen LogP contribution in [0.3, 0.4) is 0 Å². The molecule has 0 aromatic heterocycles. The number of carboxylic acid groups (broad SMARTS) is 1. The number of carbonyl (C=O) groups excluding carboxylic acids is 2. The maximum Gasteiger partial charge on any atom is 0.416 e. The van der Waals surface area contributed by atoms with Crippen LogP contribution in [0.25, 0.3) is 0 Å². The lowest BCUT2D eigenvalue weighted by molar-refractivity contribution is -0.153. The van der Waals surface area contributed by atoms with Gasteiger partial charge in [-0.2, -0.15) is 52.7 Å². The maximum atomic E-state index is 12.8. The van der Waals surface area contributed by atoms with Gasteiger partial charge in [-0.1, -0.05) is 116 Å². The summed E-state index contributed by atoms with van der Waals surface area (Å²) in [5.41, 5.74) is -2.17. The normalized spacial score (nSPS) is 15.5. The minimum absolute atomic E-state index is 0.0556. The first-order valence-electron chi connectivity index (χ1n) is 36.5. The summed E-state index contributed by atoms with van der Waals surface area (Å²) in [5, 5.41) is 45.2. The van der Waals surface area contributed by atoms with E-state index in [0.717, 1.165) is 70.6 Å². The molecule has 0 amide bonds. The molecule has 7 aromatic rings. The SMILES string of the molecule is CC#CC(CC(=O)O)c1ccc(OCC2(COc3ccc(C(F)(F)F)cc3Cl)COC2)cc1.CC#CC(CC(=O)OC)c1ccc(O)cc1.CC#CC(CC(=O)OC)c1ccc(OCC2(COc3ccc(C(F)(F)F)cc3Cl)COC2)cc1.OCC1(CBr)COC1.OCC1(COc2ccc(C(F)(F)F)cc2Cl)COC1.Oc1ccc(C(F)(F)F)cc1Cl. The largest absolute Gasteiger partial charge is 0.508 e. The molecule has 5 N–H and O–H groups in total. The molecule has 19 nitrogen and oxygen atoms in total. The zero-order valence-corrected chi connectivity index (χ0v) is 70.5. The second-order valence-corrected chi connectivity index (χ2v) is 30.4. The number of aliphatic hydroxyl groups excluding tert-OH is 2. The van der Waals surface area contributed by atoms with Gasteiger partial charge in [-0.25, -0.2) is 0 Å². The van der Waals surface area contributed by atoms with Gasteiger partial charge in [0.25, 0.3) is 0 Å². The Balaban J connectivity index is 0.000000241. The number of aromatic hydroxyl groups is 2. The van der Waals surface area contributed by atoms with Gasteiger partial charge in [0.1, 0.15) is 73.3 Å². The summed E-state index contributed by atoms with van der Waals surface area (Å²) in [6, 6.07) is 32.2. The second-order valence-electron chi connectivity index (χ2n) is 28.2. The van der Waals surface area contributed by atoms with Crippen LogP contribution >= 0.6 is 62.3 Å². The molecule has 0 radical (unpaired) electrons. The minimum Gasteiger partial charge on any atom is -0.508 e. The summed E-state index contributed by atoms with van der Waals surface area (Å²) in [5.74, 6) is 16.3. The predicted octanol–water partition coefficient (Wildman–Crippen LogP) is 19.2. The molecular formula is C86H85BrCl4F12O19. The molecule has 4 fully saturated rings. The molecular weight excluding hydrogens is 1790 g/mol. The smallest absolute Gasteiger partial charge is 0.416 e. The molecule has 4 saturated heterocycles. The summed E-state index contributed by atoms with van der Waals surface area (Å²) in [4.78, 5) is 33.9. The molecule has 4 heterocycles. The van der Waals surface area contributed by atoms with Crippen LogP contribution in [-0.2, 0) is 67.5 Å². The van der Waals surface area contributed by atoms with Crippen LogP contribution in [0.5, 0.6) is 40.2 Å². The minimum atomic E-state index is -4.48. The fourth-order valence-corrected chi connectivity index (χ4v) is 12.3. The van der Waals surface area contributed by atoms with Crippen LogP contribution in [0.4, 0.5) is 52.7 Å². The van der Waals surface area contributed by atoms with Gasteiger partial charge in [0.05, 0.1) is 176 Å². The average Bonchev–Trinajstić information content (AvgIpc) is 0.806. The zero-order chi connectivity index (χ0) is 90.3. The van der Waals surface area contributed by atoms with Crippen LogP contribution < -0.4 is 23.7 Å². The molecule has 122 heavy (non-hydrogen) atoms. The van der Waals surface area contributed by atoms with E-state index in [0.29, 0.717) is 70.4 Å². The van der Waals surface area contributed by atoms with E-state index in [1.165, 1.54) is 32.4 Å². The van der Waals surface area contributed by atoms with E-state index in [4.69, 9.17) is 114 Å². The molecule has 11 rings (SSSR count). The molecule has 0 aliphatic carbocycles. The number of hydrogen-bond acceptors (Lipinski definition) is 18. The summed E-state index contributed by atoms with van der Waals surface area (Å²) in [6.45, 7) is 9.89. The van der Waals surface area contributed by atoms with Gasteiger partial charge in [0.2, 0.25) is 0 Å².